The van der Waals surface area contributed by atoms with Gasteiger partial charge in [-0.05, 0) is 38.8 Å². The molecule has 80 valence electrons. The average molecular weight is 198 g/mol. The van der Waals surface area contributed by atoms with Crippen LogP contribution in [0.2, 0.25) is 0 Å². The fourth-order valence-electron chi connectivity index (χ4n) is 2.53. The summed E-state index contributed by atoms with van der Waals surface area (Å²) in [7, 11) is 0. The molecule has 2 aliphatic heterocycles. The topological polar surface area (TPSA) is 43.8 Å². The molecule has 0 spiro atoms. The predicted molar refractivity (Wildman–Crippen MR) is 53.4 cm³/mol. The van der Waals surface area contributed by atoms with E-state index in [0.29, 0.717) is 6.04 Å². The quantitative estimate of drug-likeness (QED) is 0.689. The van der Waals surface area contributed by atoms with Gasteiger partial charge in [-0.3, -0.25) is 4.90 Å². The Hall–Kier alpha value is -0.770. The molecule has 4 nitrogen and oxygen atoms in total. The Balaban J connectivity index is 1.89. The Morgan fingerprint density at radius 2 is 1.86 bits per heavy atom. The van der Waals surface area contributed by atoms with Gasteiger partial charge in [0, 0.05) is 19.1 Å². The third-order valence-corrected chi connectivity index (χ3v) is 3.32. The molecule has 0 aromatic rings. The van der Waals surface area contributed by atoms with E-state index in [1.165, 1.54) is 19.3 Å². The Bertz CT molecular complexity index is 214. The van der Waals surface area contributed by atoms with Crippen LogP contribution in [0.4, 0.5) is 4.79 Å². The first-order chi connectivity index (χ1) is 6.77. The van der Waals surface area contributed by atoms with E-state index in [0.717, 1.165) is 32.6 Å². The summed E-state index contributed by atoms with van der Waals surface area (Å²) in [6.07, 6.45) is 4.00. The molecule has 2 rings (SSSR count). The van der Waals surface area contributed by atoms with Gasteiger partial charge in [0.25, 0.3) is 0 Å². The summed E-state index contributed by atoms with van der Waals surface area (Å²) in [4.78, 5) is 14.8. The SMILES string of the molecule is O=C(O)N1CCC[C@H](N2CCCC2)C1. The number of hydrogen-bond donors (Lipinski definition) is 1. The molecular formula is C10H18N2O2. The van der Waals surface area contributed by atoms with Gasteiger partial charge >= 0.3 is 6.09 Å². The van der Waals surface area contributed by atoms with Crippen LogP contribution in [0.25, 0.3) is 0 Å². The van der Waals surface area contributed by atoms with E-state index in [9.17, 15) is 4.79 Å². The Morgan fingerprint density at radius 1 is 1.14 bits per heavy atom. The maximum absolute atomic E-state index is 10.8. The van der Waals surface area contributed by atoms with Crippen molar-refractivity contribution < 1.29 is 9.90 Å². The van der Waals surface area contributed by atoms with Crippen LogP contribution in [0, 0.1) is 0 Å². The molecule has 14 heavy (non-hydrogen) atoms. The van der Waals surface area contributed by atoms with Gasteiger partial charge in [0.05, 0.1) is 0 Å². The van der Waals surface area contributed by atoms with Gasteiger partial charge in [-0.1, -0.05) is 0 Å². The minimum Gasteiger partial charge on any atom is -0.465 e. The number of nitrogens with zero attached hydrogens (tertiary/aromatic N) is 2. The molecule has 2 fully saturated rings. The standard InChI is InChI=1S/C10H18N2O2/c13-10(14)12-7-3-4-9(8-12)11-5-1-2-6-11/h9H,1-8H2,(H,13,14)/t9-/m0/s1. The maximum Gasteiger partial charge on any atom is 0.407 e. The number of amides is 1. The predicted octanol–water partition coefficient (Wildman–Crippen LogP) is 1.22. The van der Waals surface area contributed by atoms with E-state index >= 15 is 0 Å². The molecule has 0 aliphatic carbocycles. The van der Waals surface area contributed by atoms with E-state index in [2.05, 4.69) is 4.90 Å². The van der Waals surface area contributed by atoms with Gasteiger partial charge in [-0.25, -0.2) is 4.79 Å². The molecule has 0 bridgehead atoms. The van der Waals surface area contributed by atoms with Crippen LogP contribution in [0.5, 0.6) is 0 Å². The van der Waals surface area contributed by atoms with E-state index in [1.807, 2.05) is 0 Å². The van der Waals surface area contributed by atoms with Gasteiger partial charge < -0.3 is 10.0 Å². The highest BCUT2D eigenvalue weighted by atomic mass is 16.4. The largest absolute Gasteiger partial charge is 0.465 e. The van der Waals surface area contributed by atoms with Crippen LogP contribution in [0.15, 0.2) is 0 Å². The molecule has 0 aromatic heterocycles. The number of rotatable bonds is 1. The zero-order valence-corrected chi connectivity index (χ0v) is 8.48. The first-order valence-corrected chi connectivity index (χ1v) is 5.49. The molecule has 2 heterocycles. The third kappa shape index (κ3) is 2.00. The summed E-state index contributed by atoms with van der Waals surface area (Å²) in [6, 6.07) is 0.488. The maximum atomic E-state index is 10.8. The second kappa shape index (κ2) is 4.17. The smallest absolute Gasteiger partial charge is 0.407 e. The lowest BCUT2D eigenvalue weighted by atomic mass is 10.1. The molecule has 4 heteroatoms. The first kappa shape index (κ1) is 9.77. The summed E-state index contributed by atoms with van der Waals surface area (Å²) < 4.78 is 0. The van der Waals surface area contributed by atoms with Crippen LogP contribution >= 0.6 is 0 Å². The molecule has 0 unspecified atom stereocenters. The lowest BCUT2D eigenvalue weighted by Crippen LogP contribution is -2.48. The van der Waals surface area contributed by atoms with E-state index < -0.39 is 6.09 Å². The molecule has 1 N–H and O–H groups in total. The number of hydrogen-bond acceptors (Lipinski definition) is 2. The van der Waals surface area contributed by atoms with Crippen molar-refractivity contribution in [1.82, 2.24) is 9.80 Å². The number of piperidine rings is 1. The minimum absolute atomic E-state index is 0.488. The van der Waals surface area contributed by atoms with E-state index in [-0.39, 0.29) is 0 Å². The summed E-state index contributed by atoms with van der Waals surface area (Å²) >= 11 is 0. The molecule has 0 aromatic carbocycles. The molecule has 0 radical (unpaired) electrons. The first-order valence-electron chi connectivity index (χ1n) is 5.49. The van der Waals surface area contributed by atoms with Gasteiger partial charge in [0.15, 0.2) is 0 Å². The number of carboxylic acid groups (broad SMARTS) is 1. The summed E-state index contributed by atoms with van der Waals surface area (Å²) in [6.45, 7) is 3.77. The molecular weight excluding hydrogens is 180 g/mol. The van der Waals surface area contributed by atoms with Crippen LogP contribution in [0.3, 0.4) is 0 Å². The highest BCUT2D eigenvalue weighted by Gasteiger charge is 2.28. The van der Waals surface area contributed by atoms with Crippen molar-refractivity contribution in [2.75, 3.05) is 26.2 Å². The number of carbonyl (C=O) groups is 1. The third-order valence-electron chi connectivity index (χ3n) is 3.32. The van der Waals surface area contributed by atoms with Crippen molar-refractivity contribution in [3.8, 4) is 0 Å². The van der Waals surface area contributed by atoms with Crippen LogP contribution in [0.1, 0.15) is 25.7 Å². The van der Waals surface area contributed by atoms with Gasteiger partial charge in [-0.2, -0.15) is 0 Å². The van der Waals surface area contributed by atoms with Crippen molar-refractivity contribution in [2.24, 2.45) is 0 Å². The fourth-order valence-corrected chi connectivity index (χ4v) is 2.53. The fraction of sp³-hybridized carbons (Fsp3) is 0.900. The van der Waals surface area contributed by atoms with Gasteiger partial charge in [0.1, 0.15) is 0 Å². The van der Waals surface area contributed by atoms with Crippen molar-refractivity contribution in [3.05, 3.63) is 0 Å². The minimum atomic E-state index is -0.756. The van der Waals surface area contributed by atoms with E-state index in [1.54, 1.807) is 4.90 Å². The Kier molecular flexibility index (Phi) is 2.91. The normalized spacial score (nSPS) is 29.4. The lowest BCUT2D eigenvalue weighted by Gasteiger charge is -2.36. The van der Waals surface area contributed by atoms with E-state index in [4.69, 9.17) is 5.11 Å². The summed E-state index contributed by atoms with van der Waals surface area (Å²) in [5.41, 5.74) is 0. The Labute approximate surface area is 84.5 Å². The molecule has 1 amide bonds. The van der Waals surface area contributed by atoms with Crippen molar-refractivity contribution >= 4 is 6.09 Å². The second-order valence-electron chi connectivity index (χ2n) is 4.27. The zero-order chi connectivity index (χ0) is 9.97. The second-order valence-corrected chi connectivity index (χ2v) is 4.27. The van der Waals surface area contributed by atoms with Gasteiger partial charge in [-0.15, -0.1) is 0 Å². The van der Waals surface area contributed by atoms with Crippen LogP contribution < -0.4 is 0 Å². The molecule has 2 saturated heterocycles. The van der Waals surface area contributed by atoms with Crippen LogP contribution in [-0.2, 0) is 0 Å². The zero-order valence-electron chi connectivity index (χ0n) is 8.48. The van der Waals surface area contributed by atoms with Crippen molar-refractivity contribution in [2.45, 2.75) is 31.7 Å². The lowest BCUT2D eigenvalue weighted by molar-refractivity contribution is 0.0965. The molecule has 2 aliphatic rings. The number of likely N-dealkylation sites (tertiary alicyclic amines) is 2. The van der Waals surface area contributed by atoms with Crippen molar-refractivity contribution in [3.63, 3.8) is 0 Å². The van der Waals surface area contributed by atoms with Gasteiger partial charge in [0.2, 0.25) is 0 Å². The molecule has 1 atom stereocenters. The van der Waals surface area contributed by atoms with Crippen LogP contribution in [-0.4, -0.2) is 53.2 Å². The highest BCUT2D eigenvalue weighted by Crippen LogP contribution is 2.20. The Morgan fingerprint density at radius 3 is 2.50 bits per heavy atom. The summed E-state index contributed by atoms with van der Waals surface area (Å²) in [5.74, 6) is 0. The van der Waals surface area contributed by atoms with Crippen molar-refractivity contribution in [1.29, 1.82) is 0 Å². The molecule has 0 saturated carbocycles. The average Bonchev–Trinajstić information content (AvgIpc) is 2.71. The highest BCUT2D eigenvalue weighted by molar-refractivity contribution is 5.65. The monoisotopic (exact) mass is 198 g/mol. The summed E-state index contributed by atoms with van der Waals surface area (Å²) in [5, 5.41) is 8.91.